The molecule has 4 atom stereocenters. The number of imidazole rings is 1. The maximum absolute atomic E-state index is 12.4. The second-order valence-corrected chi connectivity index (χ2v) is 9.02. The van der Waals surface area contributed by atoms with Gasteiger partial charge in [-0.1, -0.05) is 32.6 Å². The maximum atomic E-state index is 12.4. The van der Waals surface area contributed by atoms with Crippen LogP contribution in [-0.4, -0.2) is 70.3 Å². The lowest BCUT2D eigenvalue weighted by Gasteiger charge is -2.16. The third kappa shape index (κ3) is 6.44. The number of nitrogens with one attached hydrogen (secondary N) is 2. The van der Waals surface area contributed by atoms with Gasteiger partial charge in [0.15, 0.2) is 17.4 Å². The summed E-state index contributed by atoms with van der Waals surface area (Å²) in [6, 6.07) is 0. The van der Waals surface area contributed by atoms with E-state index in [0.717, 1.165) is 25.7 Å². The number of phosphoric acid groups is 1. The van der Waals surface area contributed by atoms with Crippen LogP contribution in [0.1, 0.15) is 51.7 Å². The lowest BCUT2D eigenvalue weighted by atomic mass is 10.1. The van der Waals surface area contributed by atoms with Gasteiger partial charge in [-0.3, -0.25) is 29.0 Å². The summed E-state index contributed by atoms with van der Waals surface area (Å²) in [7, 11) is -4.81. The first kappa shape index (κ1) is 25.4. The first-order valence-corrected chi connectivity index (χ1v) is 12.1. The van der Waals surface area contributed by atoms with E-state index in [-0.39, 0.29) is 29.4 Å². The van der Waals surface area contributed by atoms with Gasteiger partial charge in [-0.15, -0.1) is 0 Å². The Morgan fingerprint density at radius 1 is 1.27 bits per heavy atom. The lowest BCUT2D eigenvalue weighted by molar-refractivity contribution is -0.116. The molecule has 2 aromatic heterocycles. The van der Waals surface area contributed by atoms with Crippen molar-refractivity contribution in [3.63, 3.8) is 0 Å². The van der Waals surface area contributed by atoms with E-state index in [1.807, 2.05) is 0 Å². The van der Waals surface area contributed by atoms with Crippen LogP contribution in [0.3, 0.4) is 0 Å². The predicted molar refractivity (Wildman–Crippen MR) is 114 cm³/mol. The third-order valence-electron chi connectivity index (χ3n) is 5.22. The SMILES string of the molecule is CCCCCCCC(=O)Nc1nc2c(ncn2[C@@H]2O[C@H](COP(=O)(O)O)[C@@H](O)[C@H]2O)c(=O)[nH]1. The number of nitrogens with zero attached hydrogens (tertiary/aromatic N) is 3. The lowest BCUT2D eigenvalue weighted by Crippen LogP contribution is -2.33. The molecule has 14 nitrogen and oxygen atoms in total. The van der Waals surface area contributed by atoms with Gasteiger partial charge in [-0.05, 0) is 6.42 Å². The van der Waals surface area contributed by atoms with Crippen LogP contribution in [0.15, 0.2) is 11.1 Å². The number of unbranched alkanes of at least 4 members (excludes halogenated alkanes) is 4. The Balaban J connectivity index is 1.74. The molecule has 6 N–H and O–H groups in total. The number of H-pyrrole nitrogens is 1. The van der Waals surface area contributed by atoms with Crippen molar-refractivity contribution in [1.29, 1.82) is 0 Å². The van der Waals surface area contributed by atoms with E-state index >= 15 is 0 Å². The average Bonchev–Trinajstić information content (AvgIpc) is 3.27. The van der Waals surface area contributed by atoms with E-state index in [4.69, 9.17) is 14.5 Å². The van der Waals surface area contributed by atoms with Crippen molar-refractivity contribution in [1.82, 2.24) is 19.5 Å². The second kappa shape index (κ2) is 10.8. The molecule has 0 unspecified atom stereocenters. The first-order chi connectivity index (χ1) is 15.6. The minimum Gasteiger partial charge on any atom is -0.387 e. The van der Waals surface area contributed by atoms with Crippen molar-refractivity contribution in [3.8, 4) is 0 Å². The number of phosphoric ester groups is 1. The monoisotopic (exact) mass is 489 g/mol. The van der Waals surface area contributed by atoms with Gasteiger partial charge in [0.05, 0.1) is 12.9 Å². The van der Waals surface area contributed by atoms with Gasteiger partial charge < -0.3 is 24.7 Å². The minimum absolute atomic E-state index is 0.0233. The average molecular weight is 489 g/mol. The zero-order valence-electron chi connectivity index (χ0n) is 18.0. The van der Waals surface area contributed by atoms with Gasteiger partial charge in [-0.2, -0.15) is 4.98 Å². The standard InChI is InChI=1S/C18H28N5O9P/c1-2-3-4-5-6-7-11(24)20-18-21-15-12(16(27)22-18)19-9-23(15)17-14(26)13(25)10(32-17)8-31-33(28,29)30/h9-10,13-14,17,25-26H,2-8H2,1H3,(H2,28,29,30)(H2,20,21,22,24,27)/t10-,13-,14-,17-/m1/s1. The third-order valence-corrected chi connectivity index (χ3v) is 5.70. The molecule has 0 radical (unpaired) electrons. The van der Waals surface area contributed by atoms with Gasteiger partial charge >= 0.3 is 7.82 Å². The Morgan fingerprint density at radius 2 is 2.00 bits per heavy atom. The Morgan fingerprint density at radius 3 is 2.70 bits per heavy atom. The van der Waals surface area contributed by atoms with Gasteiger partial charge in [0.1, 0.15) is 18.3 Å². The summed E-state index contributed by atoms with van der Waals surface area (Å²) in [5.74, 6) is -0.426. The first-order valence-electron chi connectivity index (χ1n) is 10.6. The Bertz CT molecular complexity index is 1070. The largest absolute Gasteiger partial charge is 0.469 e. The Labute approximate surface area is 188 Å². The highest BCUT2D eigenvalue weighted by atomic mass is 31.2. The highest BCUT2D eigenvalue weighted by Crippen LogP contribution is 2.38. The molecule has 15 heteroatoms. The number of hydrogen-bond acceptors (Lipinski definition) is 9. The Kier molecular flexibility index (Phi) is 8.34. The summed E-state index contributed by atoms with van der Waals surface area (Å²) in [5, 5.41) is 23.1. The molecule has 3 rings (SSSR count). The number of fused-ring (bicyclic) bond motifs is 1. The highest BCUT2D eigenvalue weighted by Gasteiger charge is 2.45. The van der Waals surface area contributed by atoms with Crippen LogP contribution in [0.5, 0.6) is 0 Å². The summed E-state index contributed by atoms with van der Waals surface area (Å²) in [6.45, 7) is 1.42. The summed E-state index contributed by atoms with van der Waals surface area (Å²) < 4.78 is 21.9. The van der Waals surface area contributed by atoms with Crippen LogP contribution in [0.2, 0.25) is 0 Å². The van der Waals surface area contributed by atoms with Crippen LogP contribution < -0.4 is 10.9 Å². The smallest absolute Gasteiger partial charge is 0.387 e. The fourth-order valence-electron chi connectivity index (χ4n) is 3.52. The number of anilines is 1. The van der Waals surface area contributed by atoms with Crippen LogP contribution in [0.25, 0.3) is 11.2 Å². The van der Waals surface area contributed by atoms with Crippen LogP contribution in [0.4, 0.5) is 5.95 Å². The zero-order valence-corrected chi connectivity index (χ0v) is 18.8. The number of carbonyl (C=O) groups excluding carboxylic acids is 1. The molecule has 0 aromatic carbocycles. The molecule has 2 aromatic rings. The van der Waals surface area contributed by atoms with Crippen molar-refractivity contribution in [3.05, 3.63) is 16.7 Å². The van der Waals surface area contributed by atoms with E-state index < -0.39 is 44.5 Å². The summed E-state index contributed by atoms with van der Waals surface area (Å²) in [6.07, 6.45) is 0.698. The maximum Gasteiger partial charge on any atom is 0.469 e. The van der Waals surface area contributed by atoms with E-state index in [1.54, 1.807) is 0 Å². The van der Waals surface area contributed by atoms with Crippen molar-refractivity contribution in [2.24, 2.45) is 0 Å². The molecule has 0 bridgehead atoms. The van der Waals surface area contributed by atoms with Crippen LogP contribution >= 0.6 is 7.82 Å². The summed E-state index contributed by atoms with van der Waals surface area (Å²) in [5.41, 5.74) is -0.746. The molecule has 1 aliphatic rings. The van der Waals surface area contributed by atoms with Crippen molar-refractivity contribution in [2.75, 3.05) is 11.9 Å². The molecule has 184 valence electrons. The number of aliphatic hydroxyl groups excluding tert-OH is 2. The summed E-state index contributed by atoms with van der Waals surface area (Å²) >= 11 is 0. The highest BCUT2D eigenvalue weighted by molar-refractivity contribution is 7.46. The van der Waals surface area contributed by atoms with Crippen LogP contribution in [-0.2, 0) is 18.6 Å². The van der Waals surface area contributed by atoms with Crippen LogP contribution in [0, 0.1) is 0 Å². The fourth-order valence-corrected chi connectivity index (χ4v) is 3.86. The number of carbonyl (C=O) groups is 1. The minimum atomic E-state index is -4.81. The molecule has 1 saturated heterocycles. The van der Waals surface area contributed by atoms with Gasteiger partial charge in [0.2, 0.25) is 11.9 Å². The van der Waals surface area contributed by atoms with E-state index in [2.05, 4.69) is 31.7 Å². The van der Waals surface area contributed by atoms with Crippen molar-refractivity contribution in [2.45, 2.75) is 70.0 Å². The van der Waals surface area contributed by atoms with Crippen molar-refractivity contribution < 1.29 is 38.6 Å². The number of ether oxygens (including phenoxy) is 1. The van der Waals surface area contributed by atoms with E-state index in [9.17, 15) is 24.4 Å². The molecule has 1 amide bonds. The molecule has 0 spiro atoms. The molecular weight excluding hydrogens is 461 g/mol. The number of amides is 1. The zero-order chi connectivity index (χ0) is 24.2. The second-order valence-electron chi connectivity index (χ2n) is 7.78. The number of hydrogen-bond donors (Lipinski definition) is 6. The van der Waals surface area contributed by atoms with Gasteiger partial charge in [-0.25, -0.2) is 9.55 Å². The Hall–Kier alpha value is -2.19. The molecule has 33 heavy (non-hydrogen) atoms. The molecule has 0 saturated carbocycles. The number of aliphatic hydroxyl groups is 2. The topological polar surface area (TPSA) is 209 Å². The molecule has 1 fully saturated rings. The fraction of sp³-hybridized carbons (Fsp3) is 0.667. The summed E-state index contributed by atoms with van der Waals surface area (Å²) in [4.78, 5) is 52.8. The number of aromatic nitrogens is 4. The van der Waals surface area contributed by atoms with E-state index in [0.29, 0.717) is 6.42 Å². The van der Waals surface area contributed by atoms with Gasteiger partial charge in [0.25, 0.3) is 5.56 Å². The van der Waals surface area contributed by atoms with Gasteiger partial charge in [0, 0.05) is 6.42 Å². The molecule has 0 aliphatic carbocycles. The van der Waals surface area contributed by atoms with E-state index in [1.165, 1.54) is 10.9 Å². The molecule has 3 heterocycles. The normalized spacial score (nSPS) is 23.3. The predicted octanol–water partition coefficient (Wildman–Crippen LogP) is 0.147. The molecular formula is C18H28N5O9P. The number of aromatic amines is 1. The molecule has 1 aliphatic heterocycles. The van der Waals surface area contributed by atoms with Crippen molar-refractivity contribution >= 4 is 30.8 Å². The quantitative estimate of drug-likeness (QED) is 0.185. The number of rotatable bonds is 11.